The van der Waals surface area contributed by atoms with Gasteiger partial charge in [0.1, 0.15) is 5.54 Å². The van der Waals surface area contributed by atoms with Crippen molar-refractivity contribution in [2.75, 3.05) is 6.54 Å². The Morgan fingerprint density at radius 3 is 2.76 bits per heavy atom. The second-order valence-electron chi connectivity index (χ2n) is 7.34. The van der Waals surface area contributed by atoms with Crippen LogP contribution < -0.4 is 5.32 Å². The number of aromatic nitrogens is 2. The molecular weight excluding hydrogens is 320 g/mol. The highest BCUT2D eigenvalue weighted by atomic mass is 16.5. The van der Waals surface area contributed by atoms with Gasteiger partial charge in [0, 0.05) is 31.8 Å². The van der Waals surface area contributed by atoms with Crippen LogP contribution in [-0.4, -0.2) is 45.0 Å². The first-order valence-electron chi connectivity index (χ1n) is 9.46. The molecule has 0 spiro atoms. The molecule has 2 fully saturated rings. The van der Waals surface area contributed by atoms with Crippen molar-refractivity contribution in [1.29, 1.82) is 0 Å². The van der Waals surface area contributed by atoms with E-state index in [1.165, 1.54) is 12.8 Å². The molecule has 1 aromatic rings. The van der Waals surface area contributed by atoms with Crippen LogP contribution in [0.4, 0.5) is 0 Å². The summed E-state index contributed by atoms with van der Waals surface area (Å²) in [6, 6.07) is 0.271. The summed E-state index contributed by atoms with van der Waals surface area (Å²) in [5.74, 6) is 1.13. The summed E-state index contributed by atoms with van der Waals surface area (Å²) in [5.41, 5.74) is -0.733. The Balaban J connectivity index is 1.58. The van der Waals surface area contributed by atoms with Crippen LogP contribution in [0.3, 0.4) is 0 Å². The Hall–Kier alpha value is -1.92. The molecule has 1 aromatic heterocycles. The van der Waals surface area contributed by atoms with Crippen molar-refractivity contribution in [3.63, 3.8) is 0 Å². The molecule has 1 saturated heterocycles. The van der Waals surface area contributed by atoms with Gasteiger partial charge in [0.05, 0.1) is 0 Å². The number of carbonyl (C=O) groups is 2. The van der Waals surface area contributed by atoms with Crippen molar-refractivity contribution in [2.24, 2.45) is 0 Å². The van der Waals surface area contributed by atoms with Crippen molar-refractivity contribution in [1.82, 2.24) is 20.4 Å². The van der Waals surface area contributed by atoms with Crippen LogP contribution in [-0.2, 0) is 22.4 Å². The van der Waals surface area contributed by atoms with Crippen LogP contribution in [0.2, 0.25) is 0 Å². The second-order valence-corrected chi connectivity index (χ2v) is 7.34. The molecule has 1 aliphatic carbocycles. The van der Waals surface area contributed by atoms with E-state index in [0.29, 0.717) is 31.1 Å². The van der Waals surface area contributed by atoms with Gasteiger partial charge in [-0.2, -0.15) is 4.98 Å². The van der Waals surface area contributed by atoms with E-state index in [4.69, 9.17) is 4.52 Å². The molecule has 1 atom stereocenters. The number of aryl methyl sites for hydroxylation is 2. The van der Waals surface area contributed by atoms with Gasteiger partial charge in [0.2, 0.25) is 17.7 Å². The number of hydrogen-bond donors (Lipinski definition) is 1. The molecule has 1 saturated carbocycles. The highest BCUT2D eigenvalue weighted by molar-refractivity contribution is 5.92. The lowest BCUT2D eigenvalue weighted by molar-refractivity contribution is -0.144. The van der Waals surface area contributed by atoms with Crippen molar-refractivity contribution in [3.05, 3.63) is 11.7 Å². The van der Waals surface area contributed by atoms with E-state index in [1.807, 2.05) is 13.8 Å². The predicted octanol–water partition coefficient (Wildman–Crippen LogP) is 2.00. The molecule has 2 amide bonds. The number of hydrogen-bond acceptors (Lipinski definition) is 5. The maximum absolute atomic E-state index is 12.8. The SMILES string of the molecule is CCc1noc(CCC(=O)N2CCCC2(C)C(=O)NC2CCCC2)n1. The van der Waals surface area contributed by atoms with Crippen molar-refractivity contribution >= 4 is 11.8 Å². The lowest BCUT2D eigenvalue weighted by atomic mass is 9.96. The van der Waals surface area contributed by atoms with Crippen LogP contribution >= 0.6 is 0 Å². The van der Waals surface area contributed by atoms with E-state index >= 15 is 0 Å². The Morgan fingerprint density at radius 1 is 1.32 bits per heavy atom. The summed E-state index contributed by atoms with van der Waals surface area (Å²) in [4.78, 5) is 31.5. The van der Waals surface area contributed by atoms with Crippen LogP contribution in [0.15, 0.2) is 4.52 Å². The first kappa shape index (κ1) is 17.9. The highest BCUT2D eigenvalue weighted by Crippen LogP contribution is 2.31. The minimum atomic E-state index is -0.733. The Kier molecular flexibility index (Phi) is 5.39. The van der Waals surface area contributed by atoms with Crippen LogP contribution in [0.25, 0.3) is 0 Å². The molecule has 2 aliphatic rings. The summed E-state index contributed by atoms with van der Waals surface area (Å²) in [6.45, 7) is 4.49. The standard InChI is InChI=1S/C18H28N4O3/c1-3-14-20-15(25-21-14)9-10-16(23)22-12-6-11-18(22,2)17(24)19-13-7-4-5-8-13/h13H,3-12H2,1-2H3,(H,19,24). The number of nitrogens with zero attached hydrogens (tertiary/aromatic N) is 3. The van der Waals surface area contributed by atoms with Gasteiger partial charge in [0.25, 0.3) is 0 Å². The molecule has 1 N–H and O–H groups in total. The molecule has 0 radical (unpaired) electrons. The van der Waals surface area contributed by atoms with Gasteiger partial charge in [-0.25, -0.2) is 0 Å². The molecule has 3 rings (SSSR count). The second kappa shape index (κ2) is 7.54. The lowest BCUT2D eigenvalue weighted by Gasteiger charge is -2.35. The third-order valence-corrected chi connectivity index (χ3v) is 5.50. The fourth-order valence-electron chi connectivity index (χ4n) is 3.89. The first-order chi connectivity index (χ1) is 12.0. The first-order valence-corrected chi connectivity index (χ1v) is 9.46. The number of rotatable bonds is 6. The Labute approximate surface area is 148 Å². The third-order valence-electron chi connectivity index (χ3n) is 5.50. The van der Waals surface area contributed by atoms with Crippen LogP contribution in [0, 0.1) is 0 Å². The number of amides is 2. The quantitative estimate of drug-likeness (QED) is 0.849. The van der Waals surface area contributed by atoms with Crippen molar-refractivity contribution < 1.29 is 14.1 Å². The molecule has 7 nitrogen and oxygen atoms in total. The fraction of sp³-hybridized carbons (Fsp3) is 0.778. The zero-order valence-corrected chi connectivity index (χ0v) is 15.2. The van der Waals surface area contributed by atoms with Crippen molar-refractivity contribution in [3.8, 4) is 0 Å². The van der Waals surface area contributed by atoms with Gasteiger partial charge in [-0.15, -0.1) is 0 Å². The van der Waals surface area contributed by atoms with Gasteiger partial charge in [-0.1, -0.05) is 24.9 Å². The van der Waals surface area contributed by atoms with E-state index in [2.05, 4.69) is 15.5 Å². The molecule has 2 heterocycles. The fourth-order valence-corrected chi connectivity index (χ4v) is 3.89. The van der Waals surface area contributed by atoms with Gasteiger partial charge in [-0.05, 0) is 32.6 Å². The smallest absolute Gasteiger partial charge is 0.245 e. The number of nitrogens with one attached hydrogen (secondary N) is 1. The maximum Gasteiger partial charge on any atom is 0.245 e. The number of carbonyl (C=O) groups excluding carboxylic acids is 2. The lowest BCUT2D eigenvalue weighted by Crippen LogP contribution is -2.57. The summed E-state index contributed by atoms with van der Waals surface area (Å²) < 4.78 is 5.15. The molecule has 7 heteroatoms. The summed E-state index contributed by atoms with van der Waals surface area (Å²) in [5, 5.41) is 7.01. The average molecular weight is 348 g/mol. The normalized spacial score (nSPS) is 24.0. The van der Waals surface area contributed by atoms with Crippen LogP contribution in [0.1, 0.15) is 70.5 Å². The summed E-state index contributed by atoms with van der Waals surface area (Å²) in [6.07, 6.45) is 7.45. The molecule has 1 unspecified atom stereocenters. The molecule has 25 heavy (non-hydrogen) atoms. The number of likely N-dealkylation sites (tertiary alicyclic amines) is 1. The minimum Gasteiger partial charge on any atom is -0.351 e. The topological polar surface area (TPSA) is 88.3 Å². The third kappa shape index (κ3) is 3.85. The van der Waals surface area contributed by atoms with E-state index in [1.54, 1.807) is 4.90 Å². The molecule has 0 bridgehead atoms. The van der Waals surface area contributed by atoms with E-state index in [-0.39, 0.29) is 24.3 Å². The van der Waals surface area contributed by atoms with Crippen molar-refractivity contribution in [2.45, 2.75) is 83.2 Å². The predicted molar refractivity (Wildman–Crippen MR) is 91.7 cm³/mol. The maximum atomic E-state index is 12.8. The van der Waals surface area contributed by atoms with E-state index in [0.717, 1.165) is 25.7 Å². The minimum absolute atomic E-state index is 0.00342. The average Bonchev–Trinajstić information content (AvgIpc) is 3.33. The van der Waals surface area contributed by atoms with E-state index < -0.39 is 5.54 Å². The van der Waals surface area contributed by atoms with Gasteiger partial charge in [0.15, 0.2) is 5.82 Å². The van der Waals surface area contributed by atoms with Gasteiger partial charge in [-0.3, -0.25) is 9.59 Å². The zero-order valence-electron chi connectivity index (χ0n) is 15.2. The van der Waals surface area contributed by atoms with Crippen LogP contribution in [0.5, 0.6) is 0 Å². The molecule has 138 valence electrons. The largest absolute Gasteiger partial charge is 0.351 e. The Morgan fingerprint density at radius 2 is 2.08 bits per heavy atom. The molecule has 0 aromatic carbocycles. The van der Waals surface area contributed by atoms with Gasteiger partial charge >= 0.3 is 0 Å². The van der Waals surface area contributed by atoms with E-state index in [9.17, 15) is 9.59 Å². The zero-order chi connectivity index (χ0) is 17.9. The molecule has 1 aliphatic heterocycles. The van der Waals surface area contributed by atoms with Gasteiger partial charge < -0.3 is 14.7 Å². The monoisotopic (exact) mass is 348 g/mol. The summed E-state index contributed by atoms with van der Waals surface area (Å²) in [7, 11) is 0. The summed E-state index contributed by atoms with van der Waals surface area (Å²) >= 11 is 0. The molecular formula is C18H28N4O3. The highest BCUT2D eigenvalue weighted by Gasteiger charge is 2.45. The Bertz CT molecular complexity index is 624.